The first kappa shape index (κ1) is 17.9. The summed E-state index contributed by atoms with van der Waals surface area (Å²) in [7, 11) is 0. The van der Waals surface area contributed by atoms with Crippen LogP contribution in [0.4, 0.5) is 5.69 Å². The van der Waals surface area contributed by atoms with Gasteiger partial charge >= 0.3 is 0 Å². The van der Waals surface area contributed by atoms with E-state index in [0.717, 1.165) is 11.3 Å². The number of nitrogens with zero attached hydrogens (tertiary/aromatic N) is 2. The molecule has 0 atom stereocenters. The molecule has 0 fully saturated rings. The second-order valence-electron chi connectivity index (χ2n) is 5.78. The molecule has 0 spiro atoms. The van der Waals surface area contributed by atoms with Gasteiger partial charge in [-0.25, -0.2) is 4.68 Å². The monoisotopic (exact) mass is 367 g/mol. The van der Waals surface area contributed by atoms with E-state index < -0.39 is 0 Å². The fourth-order valence-electron chi connectivity index (χ4n) is 2.54. The van der Waals surface area contributed by atoms with Crippen LogP contribution in [0, 0.1) is 0 Å². The van der Waals surface area contributed by atoms with Crippen molar-refractivity contribution in [1.29, 1.82) is 0 Å². The van der Waals surface area contributed by atoms with Crippen molar-refractivity contribution >= 4 is 23.2 Å². The number of hydrogen-bond acceptors (Lipinski definition) is 3. The Kier molecular flexibility index (Phi) is 5.81. The average Bonchev–Trinajstić information content (AvgIpc) is 2.66. The maximum Gasteiger partial charge on any atom is 0.266 e. The maximum atomic E-state index is 12.1. The first-order valence-electron chi connectivity index (χ1n) is 8.31. The van der Waals surface area contributed by atoms with Gasteiger partial charge in [0, 0.05) is 24.6 Å². The van der Waals surface area contributed by atoms with Crippen LogP contribution in [0.25, 0.3) is 11.3 Å². The van der Waals surface area contributed by atoms with Gasteiger partial charge in [0.15, 0.2) is 0 Å². The second kappa shape index (κ2) is 8.45. The number of aromatic nitrogens is 2. The highest BCUT2D eigenvalue weighted by atomic mass is 35.5. The van der Waals surface area contributed by atoms with Crippen LogP contribution in [0.2, 0.25) is 5.02 Å². The summed E-state index contributed by atoms with van der Waals surface area (Å²) < 4.78 is 1.39. The van der Waals surface area contributed by atoms with Crippen LogP contribution in [-0.2, 0) is 11.3 Å². The summed E-state index contributed by atoms with van der Waals surface area (Å²) in [6.45, 7) is 0.370. The van der Waals surface area contributed by atoms with Crippen molar-refractivity contribution in [3.05, 3.63) is 82.1 Å². The Morgan fingerprint density at radius 2 is 1.73 bits per heavy atom. The summed E-state index contributed by atoms with van der Waals surface area (Å²) in [5, 5.41) is 7.65. The SMILES string of the molecule is O=C(CCCn1nc(-c2ccccc2)ccc1=O)Nc1ccccc1Cl. The average molecular weight is 368 g/mol. The lowest BCUT2D eigenvalue weighted by Crippen LogP contribution is -2.23. The molecule has 0 saturated carbocycles. The molecule has 1 heterocycles. The molecule has 5 nitrogen and oxygen atoms in total. The number of aryl methyl sites for hydroxylation is 1. The first-order valence-corrected chi connectivity index (χ1v) is 8.69. The predicted octanol–water partition coefficient (Wildman–Crippen LogP) is 3.98. The standard InChI is InChI=1S/C20H18ClN3O2/c21-16-9-4-5-10-18(16)22-19(25)11-6-14-24-20(26)13-12-17(23-24)15-7-2-1-3-8-15/h1-5,7-10,12-13H,6,11,14H2,(H,22,25). The minimum atomic E-state index is -0.184. The van der Waals surface area contributed by atoms with Crippen molar-refractivity contribution in [3.8, 4) is 11.3 Å². The molecule has 0 unspecified atom stereocenters. The zero-order valence-electron chi connectivity index (χ0n) is 14.1. The summed E-state index contributed by atoms with van der Waals surface area (Å²) in [6.07, 6.45) is 0.774. The molecule has 0 aliphatic heterocycles. The number of benzene rings is 2. The first-order chi connectivity index (χ1) is 12.6. The molecule has 26 heavy (non-hydrogen) atoms. The summed E-state index contributed by atoms with van der Waals surface area (Å²) in [6, 6.07) is 19.9. The van der Waals surface area contributed by atoms with Gasteiger partial charge in [0.1, 0.15) is 0 Å². The van der Waals surface area contributed by atoms with Gasteiger partial charge in [-0.1, -0.05) is 54.1 Å². The van der Waals surface area contributed by atoms with Crippen molar-refractivity contribution in [2.45, 2.75) is 19.4 Å². The Morgan fingerprint density at radius 3 is 2.50 bits per heavy atom. The molecule has 0 aliphatic rings. The van der Waals surface area contributed by atoms with E-state index in [4.69, 9.17) is 11.6 Å². The van der Waals surface area contributed by atoms with Crippen LogP contribution < -0.4 is 10.9 Å². The van der Waals surface area contributed by atoms with Gasteiger partial charge in [-0.05, 0) is 24.6 Å². The summed E-state index contributed by atoms with van der Waals surface area (Å²) in [4.78, 5) is 24.0. The molecule has 3 rings (SSSR count). The van der Waals surface area contributed by atoms with Crippen molar-refractivity contribution in [2.24, 2.45) is 0 Å². The van der Waals surface area contributed by atoms with Crippen LogP contribution in [0.1, 0.15) is 12.8 Å². The van der Waals surface area contributed by atoms with Gasteiger partial charge in [0.05, 0.1) is 16.4 Å². The van der Waals surface area contributed by atoms with E-state index in [9.17, 15) is 9.59 Å². The number of carbonyl (C=O) groups is 1. The van der Waals surface area contributed by atoms with E-state index in [0.29, 0.717) is 23.7 Å². The van der Waals surface area contributed by atoms with Crippen molar-refractivity contribution in [3.63, 3.8) is 0 Å². The Bertz CT molecular complexity index is 955. The molecule has 1 aromatic heterocycles. The highest BCUT2D eigenvalue weighted by Gasteiger charge is 2.07. The molecule has 132 valence electrons. The Morgan fingerprint density at radius 1 is 1.00 bits per heavy atom. The molecule has 1 N–H and O–H groups in total. The molecule has 0 radical (unpaired) electrons. The van der Waals surface area contributed by atoms with Gasteiger partial charge in [0.2, 0.25) is 5.91 Å². The maximum absolute atomic E-state index is 12.1. The number of rotatable bonds is 6. The van der Waals surface area contributed by atoms with E-state index in [2.05, 4.69) is 10.4 Å². The molecule has 0 bridgehead atoms. The van der Waals surface area contributed by atoms with Crippen LogP contribution in [0.15, 0.2) is 71.5 Å². The normalized spacial score (nSPS) is 10.5. The fourth-order valence-corrected chi connectivity index (χ4v) is 2.72. The third kappa shape index (κ3) is 4.58. The Labute approximate surface area is 156 Å². The minimum Gasteiger partial charge on any atom is -0.325 e. The molecule has 0 saturated heterocycles. The number of para-hydroxylation sites is 1. The summed E-state index contributed by atoms with van der Waals surface area (Å²) in [5.41, 5.74) is 2.07. The lowest BCUT2D eigenvalue weighted by Gasteiger charge is -2.08. The van der Waals surface area contributed by atoms with E-state index in [1.807, 2.05) is 30.3 Å². The van der Waals surface area contributed by atoms with E-state index >= 15 is 0 Å². The van der Waals surface area contributed by atoms with Crippen molar-refractivity contribution < 1.29 is 4.79 Å². The topological polar surface area (TPSA) is 64.0 Å². The Hall–Kier alpha value is -2.92. The molecule has 0 aliphatic carbocycles. The minimum absolute atomic E-state index is 0.148. The fraction of sp³-hybridized carbons (Fsp3) is 0.150. The van der Waals surface area contributed by atoms with Gasteiger partial charge in [-0.3, -0.25) is 9.59 Å². The van der Waals surface area contributed by atoms with Gasteiger partial charge in [0.25, 0.3) is 5.56 Å². The third-order valence-electron chi connectivity index (χ3n) is 3.86. The lowest BCUT2D eigenvalue weighted by molar-refractivity contribution is -0.116. The van der Waals surface area contributed by atoms with Crippen LogP contribution >= 0.6 is 11.6 Å². The van der Waals surface area contributed by atoms with Crippen molar-refractivity contribution in [1.82, 2.24) is 9.78 Å². The number of anilines is 1. The number of halogens is 1. The predicted molar refractivity (Wildman–Crippen MR) is 103 cm³/mol. The molecule has 1 amide bonds. The molecule has 2 aromatic carbocycles. The summed E-state index contributed by atoms with van der Waals surface area (Å²) in [5.74, 6) is -0.148. The largest absolute Gasteiger partial charge is 0.325 e. The number of nitrogens with one attached hydrogen (secondary N) is 1. The third-order valence-corrected chi connectivity index (χ3v) is 4.19. The highest BCUT2D eigenvalue weighted by Crippen LogP contribution is 2.20. The van der Waals surface area contributed by atoms with E-state index in [-0.39, 0.29) is 17.9 Å². The number of carbonyl (C=O) groups excluding carboxylic acids is 1. The molecular weight excluding hydrogens is 350 g/mol. The van der Waals surface area contributed by atoms with Crippen molar-refractivity contribution in [2.75, 3.05) is 5.32 Å². The molecular formula is C20H18ClN3O2. The lowest BCUT2D eigenvalue weighted by atomic mass is 10.1. The van der Waals surface area contributed by atoms with E-state index in [1.165, 1.54) is 10.7 Å². The van der Waals surface area contributed by atoms with Gasteiger partial charge < -0.3 is 5.32 Å². The Balaban J connectivity index is 1.60. The zero-order chi connectivity index (χ0) is 18.4. The number of hydrogen-bond donors (Lipinski definition) is 1. The van der Waals surface area contributed by atoms with Gasteiger partial charge in [-0.15, -0.1) is 0 Å². The number of amides is 1. The molecule has 6 heteroatoms. The quantitative estimate of drug-likeness (QED) is 0.716. The van der Waals surface area contributed by atoms with E-state index in [1.54, 1.807) is 30.3 Å². The van der Waals surface area contributed by atoms with Crippen LogP contribution in [-0.4, -0.2) is 15.7 Å². The van der Waals surface area contributed by atoms with Gasteiger partial charge in [-0.2, -0.15) is 5.10 Å². The summed E-state index contributed by atoms with van der Waals surface area (Å²) >= 11 is 6.02. The molecule has 3 aromatic rings. The zero-order valence-corrected chi connectivity index (χ0v) is 14.8. The smallest absolute Gasteiger partial charge is 0.266 e. The van der Waals surface area contributed by atoms with Crippen LogP contribution in [0.3, 0.4) is 0 Å². The second-order valence-corrected chi connectivity index (χ2v) is 6.18. The van der Waals surface area contributed by atoms with Crippen LogP contribution in [0.5, 0.6) is 0 Å². The highest BCUT2D eigenvalue weighted by molar-refractivity contribution is 6.33.